The standard InChI is InChI=1S/C27H31N3/c1-7-23(8-2)11-9-10-18-29-26(24-15-12-20(3)13-16-24)30-27(28-6)25-17-14-21(4)19-22(25)5/h7,9-17,19H,1,6,8,18H2,2-5H3/b10-9+,23-11+,29-26?,30-27?. The Morgan fingerprint density at radius 2 is 1.67 bits per heavy atom. The summed E-state index contributed by atoms with van der Waals surface area (Å²) in [6.07, 6.45) is 8.92. The lowest BCUT2D eigenvalue weighted by molar-refractivity contribution is 1.15. The molecule has 2 aromatic carbocycles. The van der Waals surface area contributed by atoms with Crippen LogP contribution in [0.15, 0.2) is 93.9 Å². The van der Waals surface area contributed by atoms with Crippen LogP contribution >= 0.6 is 0 Å². The van der Waals surface area contributed by atoms with Crippen molar-refractivity contribution in [2.45, 2.75) is 34.1 Å². The molecule has 154 valence electrons. The van der Waals surface area contributed by atoms with E-state index in [-0.39, 0.29) is 0 Å². The predicted molar refractivity (Wildman–Crippen MR) is 132 cm³/mol. The lowest BCUT2D eigenvalue weighted by Gasteiger charge is -2.08. The van der Waals surface area contributed by atoms with E-state index in [0.717, 1.165) is 23.1 Å². The highest BCUT2D eigenvalue weighted by Gasteiger charge is 2.09. The topological polar surface area (TPSA) is 37.1 Å². The molecular formula is C27H31N3. The molecule has 2 rings (SSSR count). The Morgan fingerprint density at radius 1 is 0.967 bits per heavy atom. The van der Waals surface area contributed by atoms with E-state index in [2.05, 4.69) is 76.3 Å². The quantitative estimate of drug-likeness (QED) is 0.287. The Labute approximate surface area is 181 Å². The van der Waals surface area contributed by atoms with Gasteiger partial charge in [-0.05, 0) is 45.0 Å². The summed E-state index contributed by atoms with van der Waals surface area (Å²) >= 11 is 0. The van der Waals surface area contributed by atoms with Gasteiger partial charge in [0.2, 0.25) is 0 Å². The lowest BCUT2D eigenvalue weighted by atomic mass is 10.0. The van der Waals surface area contributed by atoms with Crippen LogP contribution in [0.25, 0.3) is 0 Å². The zero-order chi connectivity index (χ0) is 21.9. The van der Waals surface area contributed by atoms with Gasteiger partial charge < -0.3 is 0 Å². The van der Waals surface area contributed by atoms with Gasteiger partial charge in [0.25, 0.3) is 0 Å². The van der Waals surface area contributed by atoms with Gasteiger partial charge in [0.1, 0.15) is 0 Å². The van der Waals surface area contributed by atoms with Crippen LogP contribution < -0.4 is 0 Å². The number of aliphatic imine (C=N–C) groups is 3. The van der Waals surface area contributed by atoms with Crippen molar-refractivity contribution < 1.29 is 0 Å². The fourth-order valence-corrected chi connectivity index (χ4v) is 2.96. The van der Waals surface area contributed by atoms with Crippen molar-refractivity contribution in [1.82, 2.24) is 0 Å². The first-order valence-electron chi connectivity index (χ1n) is 10.2. The number of hydrogen-bond donors (Lipinski definition) is 0. The minimum absolute atomic E-state index is 0.522. The molecule has 0 aliphatic rings. The molecule has 0 amide bonds. The molecule has 0 radical (unpaired) electrons. The maximum absolute atomic E-state index is 4.79. The van der Waals surface area contributed by atoms with Crippen LogP contribution in [0.5, 0.6) is 0 Å². The average Bonchev–Trinajstić information content (AvgIpc) is 2.74. The summed E-state index contributed by atoms with van der Waals surface area (Å²) in [6.45, 7) is 16.4. The van der Waals surface area contributed by atoms with Gasteiger partial charge in [-0.15, -0.1) is 0 Å². The number of allylic oxidation sites excluding steroid dienone is 4. The number of aryl methyl sites for hydroxylation is 3. The Hall–Kier alpha value is -3.33. The summed E-state index contributed by atoms with van der Waals surface area (Å²) in [4.78, 5) is 13.7. The minimum Gasteiger partial charge on any atom is -0.262 e. The molecule has 0 spiro atoms. The summed E-state index contributed by atoms with van der Waals surface area (Å²) in [6, 6.07) is 14.4. The third-order valence-corrected chi connectivity index (χ3v) is 4.76. The lowest BCUT2D eigenvalue weighted by Crippen LogP contribution is -2.07. The second-order valence-electron chi connectivity index (χ2n) is 7.17. The van der Waals surface area contributed by atoms with Gasteiger partial charge in [0, 0.05) is 11.1 Å². The summed E-state index contributed by atoms with van der Waals surface area (Å²) in [5.41, 5.74) is 6.63. The first kappa shape index (κ1) is 23.0. The second kappa shape index (κ2) is 11.6. The summed E-state index contributed by atoms with van der Waals surface area (Å²) in [7, 11) is 0. The molecule has 0 saturated heterocycles. The molecule has 30 heavy (non-hydrogen) atoms. The second-order valence-corrected chi connectivity index (χ2v) is 7.17. The van der Waals surface area contributed by atoms with Crippen LogP contribution in [0, 0.1) is 20.8 Å². The van der Waals surface area contributed by atoms with Crippen molar-refractivity contribution in [1.29, 1.82) is 0 Å². The van der Waals surface area contributed by atoms with Crippen molar-refractivity contribution in [3.8, 4) is 0 Å². The highest BCUT2D eigenvalue weighted by Crippen LogP contribution is 2.14. The van der Waals surface area contributed by atoms with Crippen LogP contribution in [-0.2, 0) is 0 Å². The molecule has 0 saturated carbocycles. The van der Waals surface area contributed by atoms with Crippen molar-refractivity contribution in [3.63, 3.8) is 0 Å². The van der Waals surface area contributed by atoms with Gasteiger partial charge in [0.05, 0.1) is 6.54 Å². The van der Waals surface area contributed by atoms with Gasteiger partial charge in [-0.1, -0.05) is 91.4 Å². The number of rotatable bonds is 7. The van der Waals surface area contributed by atoms with E-state index in [1.54, 1.807) is 0 Å². The number of amidine groups is 2. The third kappa shape index (κ3) is 6.63. The Bertz CT molecular complexity index is 1000. The maximum atomic E-state index is 4.79. The zero-order valence-corrected chi connectivity index (χ0v) is 18.5. The van der Waals surface area contributed by atoms with Gasteiger partial charge in [-0.3, -0.25) is 4.99 Å². The molecule has 0 fully saturated rings. The molecule has 2 aromatic rings. The number of hydrogen-bond acceptors (Lipinski definition) is 1. The summed E-state index contributed by atoms with van der Waals surface area (Å²) < 4.78 is 0. The van der Waals surface area contributed by atoms with Crippen molar-refractivity contribution in [2.75, 3.05) is 6.54 Å². The summed E-state index contributed by atoms with van der Waals surface area (Å²) in [5, 5.41) is 0. The van der Waals surface area contributed by atoms with E-state index in [0.29, 0.717) is 18.2 Å². The minimum atomic E-state index is 0.522. The van der Waals surface area contributed by atoms with Gasteiger partial charge in [-0.2, -0.15) is 0 Å². The van der Waals surface area contributed by atoms with Crippen molar-refractivity contribution in [3.05, 3.63) is 107 Å². The first-order chi connectivity index (χ1) is 14.5. The van der Waals surface area contributed by atoms with E-state index in [4.69, 9.17) is 9.98 Å². The molecule has 3 nitrogen and oxygen atoms in total. The largest absolute Gasteiger partial charge is 0.262 e. The number of benzene rings is 2. The van der Waals surface area contributed by atoms with Crippen LogP contribution in [0.1, 0.15) is 41.2 Å². The van der Waals surface area contributed by atoms with Gasteiger partial charge in [-0.25, -0.2) is 9.98 Å². The van der Waals surface area contributed by atoms with Crippen LogP contribution in [0.2, 0.25) is 0 Å². The fourth-order valence-electron chi connectivity index (χ4n) is 2.96. The highest BCUT2D eigenvalue weighted by molar-refractivity contribution is 6.13. The van der Waals surface area contributed by atoms with E-state index < -0.39 is 0 Å². The van der Waals surface area contributed by atoms with E-state index >= 15 is 0 Å². The molecule has 0 unspecified atom stereocenters. The molecule has 0 atom stereocenters. The molecular weight excluding hydrogens is 366 g/mol. The Balaban J connectivity index is 2.42. The SMILES string of the molecule is C=C/C(=C\C=C\CN=C(N=C(N=C)c1ccc(C)cc1C)c1ccc(C)cc1)CC. The first-order valence-corrected chi connectivity index (χ1v) is 10.2. The smallest absolute Gasteiger partial charge is 0.161 e. The highest BCUT2D eigenvalue weighted by atomic mass is 15.0. The third-order valence-electron chi connectivity index (χ3n) is 4.76. The maximum Gasteiger partial charge on any atom is 0.161 e. The van der Waals surface area contributed by atoms with Crippen LogP contribution in [-0.4, -0.2) is 24.9 Å². The molecule has 0 N–H and O–H groups in total. The van der Waals surface area contributed by atoms with Gasteiger partial charge >= 0.3 is 0 Å². The average molecular weight is 398 g/mol. The van der Waals surface area contributed by atoms with Crippen molar-refractivity contribution in [2.24, 2.45) is 15.0 Å². The van der Waals surface area contributed by atoms with Gasteiger partial charge in [0.15, 0.2) is 11.7 Å². The van der Waals surface area contributed by atoms with E-state index in [9.17, 15) is 0 Å². The molecule has 0 aromatic heterocycles. The summed E-state index contributed by atoms with van der Waals surface area (Å²) in [5.74, 6) is 1.22. The molecule has 0 bridgehead atoms. The molecule has 0 aliphatic heterocycles. The van der Waals surface area contributed by atoms with E-state index in [1.165, 1.54) is 16.7 Å². The zero-order valence-electron chi connectivity index (χ0n) is 18.5. The normalized spacial score (nSPS) is 13.0. The number of nitrogens with zero attached hydrogens (tertiary/aromatic N) is 3. The monoisotopic (exact) mass is 397 g/mol. The molecule has 3 heteroatoms. The molecule has 0 heterocycles. The van der Waals surface area contributed by atoms with Crippen LogP contribution in [0.3, 0.4) is 0 Å². The van der Waals surface area contributed by atoms with Crippen LogP contribution in [0.4, 0.5) is 0 Å². The van der Waals surface area contributed by atoms with Crippen molar-refractivity contribution >= 4 is 18.4 Å². The Morgan fingerprint density at radius 3 is 2.27 bits per heavy atom. The predicted octanol–water partition coefficient (Wildman–Crippen LogP) is 6.58. The Kier molecular flexibility index (Phi) is 8.89. The molecule has 0 aliphatic carbocycles. The fraction of sp³-hybridized carbons (Fsp3) is 0.222. The van der Waals surface area contributed by atoms with E-state index in [1.807, 2.05) is 36.4 Å².